The molecule has 2 aliphatic rings. The second-order valence-corrected chi connectivity index (χ2v) is 6.14. The number of anilines is 1. The minimum atomic E-state index is -0.820. The van der Waals surface area contributed by atoms with Gasteiger partial charge in [-0.2, -0.15) is 0 Å². The largest absolute Gasteiger partial charge is 0.340 e. The van der Waals surface area contributed by atoms with Crippen LogP contribution in [0.1, 0.15) is 32.6 Å². The smallest absolute Gasteiger partial charge is 0.253 e. The van der Waals surface area contributed by atoms with Crippen LogP contribution < -0.4 is 10.2 Å². The summed E-state index contributed by atoms with van der Waals surface area (Å²) in [7, 11) is 0. The van der Waals surface area contributed by atoms with Crippen LogP contribution in [0.5, 0.6) is 0 Å². The highest BCUT2D eigenvalue weighted by atomic mass is 35.5. The zero-order valence-electron chi connectivity index (χ0n) is 11.7. The minimum absolute atomic E-state index is 0.00380. The van der Waals surface area contributed by atoms with Gasteiger partial charge in [-0.1, -0.05) is 24.4 Å². The average Bonchev–Trinajstić information content (AvgIpc) is 2.90. The van der Waals surface area contributed by atoms with Crippen LogP contribution in [0.3, 0.4) is 0 Å². The predicted molar refractivity (Wildman–Crippen MR) is 77.7 cm³/mol. The Bertz CT molecular complexity index is 614. The second-order valence-electron chi connectivity index (χ2n) is 5.73. The van der Waals surface area contributed by atoms with Gasteiger partial charge < -0.3 is 5.32 Å². The summed E-state index contributed by atoms with van der Waals surface area (Å²) in [4.78, 5) is 26.5. The second kappa shape index (κ2) is 4.98. The van der Waals surface area contributed by atoms with Crippen molar-refractivity contribution in [3.63, 3.8) is 0 Å². The fraction of sp³-hybridized carbons (Fsp3) is 0.467. The van der Waals surface area contributed by atoms with Gasteiger partial charge in [-0.25, -0.2) is 4.39 Å². The Hall–Kier alpha value is -1.62. The molecule has 1 atom stereocenters. The zero-order chi connectivity index (χ0) is 15.2. The molecular formula is C15H16ClFN2O2. The highest BCUT2D eigenvalue weighted by Gasteiger charge is 2.51. The molecule has 2 fully saturated rings. The van der Waals surface area contributed by atoms with Gasteiger partial charge in [-0.05, 0) is 38.0 Å². The van der Waals surface area contributed by atoms with E-state index in [1.54, 1.807) is 13.0 Å². The van der Waals surface area contributed by atoms with Crippen molar-refractivity contribution in [2.75, 3.05) is 4.90 Å². The van der Waals surface area contributed by atoms with Crippen molar-refractivity contribution in [1.82, 2.24) is 5.32 Å². The van der Waals surface area contributed by atoms with Gasteiger partial charge in [0.05, 0.1) is 5.02 Å². The van der Waals surface area contributed by atoms with Gasteiger partial charge in [0.15, 0.2) is 0 Å². The monoisotopic (exact) mass is 310 g/mol. The molecule has 4 nitrogen and oxygen atoms in total. The summed E-state index contributed by atoms with van der Waals surface area (Å²) in [5.74, 6) is -0.957. The molecule has 1 aromatic rings. The van der Waals surface area contributed by atoms with Gasteiger partial charge in [0.1, 0.15) is 17.4 Å². The minimum Gasteiger partial charge on any atom is -0.340 e. The molecule has 1 unspecified atom stereocenters. The zero-order valence-corrected chi connectivity index (χ0v) is 12.4. The number of amides is 2. The number of halogens is 2. The molecule has 1 aliphatic heterocycles. The molecule has 1 aromatic carbocycles. The van der Waals surface area contributed by atoms with E-state index in [1.807, 2.05) is 0 Å². The SMILES string of the molecule is CC1C(=O)NC2(CCCC2)C(=O)N1c1ccc(Cl)c(F)c1. The molecule has 6 heteroatoms. The average molecular weight is 311 g/mol. The number of nitrogens with zero attached hydrogens (tertiary/aromatic N) is 1. The van der Waals surface area contributed by atoms with E-state index in [0.29, 0.717) is 18.5 Å². The lowest BCUT2D eigenvalue weighted by Crippen LogP contribution is -2.69. The summed E-state index contributed by atoms with van der Waals surface area (Å²) in [5, 5.41) is 2.86. The molecular weight excluding hydrogens is 295 g/mol. The molecule has 1 aliphatic carbocycles. The van der Waals surface area contributed by atoms with Gasteiger partial charge >= 0.3 is 0 Å². The number of nitrogens with one attached hydrogen (secondary N) is 1. The molecule has 21 heavy (non-hydrogen) atoms. The van der Waals surface area contributed by atoms with E-state index in [0.717, 1.165) is 12.8 Å². The Morgan fingerprint density at radius 1 is 1.33 bits per heavy atom. The Labute approximate surface area is 127 Å². The predicted octanol–water partition coefficient (Wildman–Crippen LogP) is 2.64. The maximum atomic E-state index is 13.7. The van der Waals surface area contributed by atoms with Crippen LogP contribution in [0.2, 0.25) is 5.02 Å². The van der Waals surface area contributed by atoms with E-state index >= 15 is 0 Å². The normalized spacial score (nSPS) is 24.5. The molecule has 1 heterocycles. The van der Waals surface area contributed by atoms with Crippen LogP contribution in [0.15, 0.2) is 18.2 Å². The van der Waals surface area contributed by atoms with Gasteiger partial charge in [0.25, 0.3) is 5.91 Å². The third kappa shape index (κ3) is 2.20. The summed E-state index contributed by atoms with van der Waals surface area (Å²) in [5.41, 5.74) is -0.449. The summed E-state index contributed by atoms with van der Waals surface area (Å²) < 4.78 is 13.7. The number of benzene rings is 1. The van der Waals surface area contributed by atoms with Gasteiger partial charge in [-0.3, -0.25) is 14.5 Å². The van der Waals surface area contributed by atoms with Crippen LogP contribution in [0.4, 0.5) is 10.1 Å². The van der Waals surface area contributed by atoms with Crippen molar-refractivity contribution in [3.05, 3.63) is 29.0 Å². The van der Waals surface area contributed by atoms with E-state index in [2.05, 4.69) is 5.32 Å². The van der Waals surface area contributed by atoms with Crippen LogP contribution in [-0.4, -0.2) is 23.4 Å². The van der Waals surface area contributed by atoms with Crippen molar-refractivity contribution in [3.8, 4) is 0 Å². The molecule has 2 amide bonds. The van der Waals surface area contributed by atoms with E-state index < -0.39 is 17.4 Å². The van der Waals surface area contributed by atoms with Crippen LogP contribution in [0, 0.1) is 5.82 Å². The van der Waals surface area contributed by atoms with E-state index in [4.69, 9.17) is 11.6 Å². The first-order valence-electron chi connectivity index (χ1n) is 7.05. The van der Waals surface area contributed by atoms with Crippen molar-refractivity contribution < 1.29 is 14.0 Å². The van der Waals surface area contributed by atoms with E-state index in [9.17, 15) is 14.0 Å². The number of hydrogen-bond acceptors (Lipinski definition) is 2. The van der Waals surface area contributed by atoms with Crippen LogP contribution in [-0.2, 0) is 9.59 Å². The number of hydrogen-bond donors (Lipinski definition) is 1. The fourth-order valence-corrected chi connectivity index (χ4v) is 3.33. The molecule has 3 rings (SSSR count). The topological polar surface area (TPSA) is 49.4 Å². The number of carbonyl (C=O) groups is 2. The van der Waals surface area contributed by atoms with E-state index in [1.165, 1.54) is 17.0 Å². The van der Waals surface area contributed by atoms with Crippen molar-refractivity contribution in [2.45, 2.75) is 44.2 Å². The summed E-state index contributed by atoms with van der Waals surface area (Å²) in [6.07, 6.45) is 3.08. The first-order chi connectivity index (χ1) is 9.94. The highest BCUT2D eigenvalue weighted by molar-refractivity contribution is 6.30. The number of rotatable bonds is 1. The first-order valence-corrected chi connectivity index (χ1v) is 7.43. The van der Waals surface area contributed by atoms with Crippen molar-refractivity contribution >= 4 is 29.1 Å². The molecule has 0 aromatic heterocycles. The third-order valence-corrected chi connectivity index (χ3v) is 4.70. The maximum absolute atomic E-state index is 13.7. The summed E-state index contributed by atoms with van der Waals surface area (Å²) in [6, 6.07) is 3.52. The lowest BCUT2D eigenvalue weighted by molar-refractivity contribution is -0.137. The van der Waals surface area contributed by atoms with Crippen molar-refractivity contribution in [1.29, 1.82) is 0 Å². The Kier molecular flexibility index (Phi) is 3.40. The Morgan fingerprint density at radius 3 is 2.62 bits per heavy atom. The van der Waals surface area contributed by atoms with Crippen LogP contribution >= 0.6 is 11.6 Å². The number of carbonyl (C=O) groups excluding carboxylic acids is 2. The van der Waals surface area contributed by atoms with Gasteiger partial charge in [0.2, 0.25) is 5.91 Å². The quantitative estimate of drug-likeness (QED) is 0.867. The molecule has 112 valence electrons. The fourth-order valence-electron chi connectivity index (χ4n) is 3.21. The molecule has 1 spiro atoms. The summed E-state index contributed by atoms with van der Waals surface area (Å²) in [6.45, 7) is 1.64. The van der Waals surface area contributed by atoms with E-state index in [-0.39, 0.29) is 16.8 Å². The summed E-state index contributed by atoms with van der Waals surface area (Å²) >= 11 is 5.68. The standard InChI is InChI=1S/C15H16ClFN2O2/c1-9-13(20)18-15(6-2-3-7-15)14(21)19(9)10-4-5-11(16)12(17)8-10/h4-5,8-9H,2-3,6-7H2,1H3,(H,18,20). The van der Waals surface area contributed by atoms with Gasteiger partial charge in [0, 0.05) is 5.69 Å². The maximum Gasteiger partial charge on any atom is 0.253 e. The number of piperazine rings is 1. The van der Waals surface area contributed by atoms with Crippen LogP contribution in [0.25, 0.3) is 0 Å². The third-order valence-electron chi connectivity index (χ3n) is 4.40. The lowest BCUT2D eigenvalue weighted by Gasteiger charge is -2.43. The van der Waals surface area contributed by atoms with Crippen molar-refractivity contribution in [2.24, 2.45) is 0 Å². The Balaban J connectivity index is 2.03. The molecule has 1 N–H and O–H groups in total. The first kappa shape index (κ1) is 14.3. The molecule has 0 radical (unpaired) electrons. The Morgan fingerprint density at radius 2 is 2.00 bits per heavy atom. The van der Waals surface area contributed by atoms with Gasteiger partial charge in [-0.15, -0.1) is 0 Å². The molecule has 1 saturated carbocycles. The lowest BCUT2D eigenvalue weighted by atomic mass is 9.90. The highest BCUT2D eigenvalue weighted by Crippen LogP contribution is 2.37. The molecule has 0 bridgehead atoms. The molecule has 1 saturated heterocycles.